The second kappa shape index (κ2) is 7.24. The highest BCUT2D eigenvalue weighted by Gasteiger charge is 2.13. The summed E-state index contributed by atoms with van der Waals surface area (Å²) in [5, 5.41) is 10.1. The third-order valence-electron chi connectivity index (χ3n) is 4.41. The molecule has 0 atom stereocenters. The maximum atomic E-state index is 11.2. The summed E-state index contributed by atoms with van der Waals surface area (Å²) in [6.45, 7) is 9.28. The van der Waals surface area contributed by atoms with Gasteiger partial charge in [0.05, 0.1) is 17.7 Å². The molecule has 0 radical (unpaired) electrons. The lowest BCUT2D eigenvalue weighted by molar-refractivity contribution is 0.0697. The number of carbonyl (C=O) groups is 1. The molecule has 4 heteroatoms. The molecule has 0 spiro atoms. The Labute approximate surface area is 154 Å². The van der Waals surface area contributed by atoms with Gasteiger partial charge in [0.15, 0.2) is 0 Å². The summed E-state index contributed by atoms with van der Waals surface area (Å²) in [7, 11) is 0. The molecule has 0 unspecified atom stereocenters. The minimum atomic E-state index is -0.912. The van der Waals surface area contributed by atoms with Crippen molar-refractivity contribution >= 4 is 16.9 Å². The summed E-state index contributed by atoms with van der Waals surface area (Å²) in [4.78, 5) is 11.2. The van der Waals surface area contributed by atoms with Crippen LogP contribution in [0, 0.1) is 5.92 Å². The Morgan fingerprint density at radius 3 is 2.50 bits per heavy atom. The fourth-order valence-electron chi connectivity index (χ4n) is 3.03. The molecule has 0 bridgehead atoms. The van der Waals surface area contributed by atoms with Crippen molar-refractivity contribution in [3.63, 3.8) is 0 Å². The predicted octanol–water partition coefficient (Wildman–Crippen LogP) is 5.49. The largest absolute Gasteiger partial charge is 0.493 e. The van der Waals surface area contributed by atoms with Gasteiger partial charge >= 0.3 is 5.97 Å². The molecule has 3 aromatic rings. The summed E-state index contributed by atoms with van der Waals surface area (Å²) in [6.07, 6.45) is 1.97. The third-order valence-corrected chi connectivity index (χ3v) is 4.41. The zero-order valence-electron chi connectivity index (χ0n) is 15.7. The molecule has 1 heterocycles. The van der Waals surface area contributed by atoms with E-state index in [0.29, 0.717) is 24.0 Å². The molecule has 1 aromatic heterocycles. The molecule has 3 rings (SSSR count). The van der Waals surface area contributed by atoms with Crippen LogP contribution in [0.5, 0.6) is 5.75 Å². The highest BCUT2D eigenvalue weighted by Crippen LogP contribution is 2.31. The first-order valence-electron chi connectivity index (χ1n) is 8.98. The highest BCUT2D eigenvalue weighted by molar-refractivity contribution is 5.94. The van der Waals surface area contributed by atoms with Crippen molar-refractivity contribution in [2.24, 2.45) is 5.92 Å². The summed E-state index contributed by atoms with van der Waals surface area (Å²) in [5.41, 5.74) is 3.47. The first-order valence-corrected chi connectivity index (χ1v) is 8.98. The maximum Gasteiger partial charge on any atom is 0.335 e. The Balaban J connectivity index is 2.04. The van der Waals surface area contributed by atoms with Crippen LogP contribution in [0.15, 0.2) is 48.7 Å². The van der Waals surface area contributed by atoms with Crippen LogP contribution in [-0.4, -0.2) is 22.2 Å². The van der Waals surface area contributed by atoms with E-state index in [-0.39, 0.29) is 0 Å². The molecular formula is C22H25NO3. The molecule has 26 heavy (non-hydrogen) atoms. The van der Waals surface area contributed by atoms with Gasteiger partial charge in [-0.1, -0.05) is 33.8 Å². The van der Waals surface area contributed by atoms with Gasteiger partial charge in [0.1, 0.15) is 5.75 Å². The Morgan fingerprint density at radius 1 is 1.08 bits per heavy atom. The summed E-state index contributed by atoms with van der Waals surface area (Å²) in [5.74, 6) is 0.840. The van der Waals surface area contributed by atoms with Crippen molar-refractivity contribution in [3.05, 3.63) is 59.8 Å². The zero-order valence-corrected chi connectivity index (χ0v) is 15.7. The van der Waals surface area contributed by atoms with E-state index in [9.17, 15) is 4.79 Å². The average Bonchev–Trinajstić information content (AvgIpc) is 3.02. The number of carboxylic acid groups (broad SMARTS) is 1. The van der Waals surface area contributed by atoms with Crippen LogP contribution in [0.25, 0.3) is 16.6 Å². The van der Waals surface area contributed by atoms with Gasteiger partial charge in [-0.2, -0.15) is 0 Å². The van der Waals surface area contributed by atoms with E-state index in [1.807, 2.05) is 18.3 Å². The molecule has 0 aliphatic rings. The number of fused-ring (bicyclic) bond motifs is 1. The zero-order chi connectivity index (χ0) is 18.8. The molecule has 0 fully saturated rings. The smallest absolute Gasteiger partial charge is 0.335 e. The second-order valence-electron chi connectivity index (χ2n) is 7.35. The van der Waals surface area contributed by atoms with Crippen LogP contribution in [0.2, 0.25) is 0 Å². The number of ether oxygens (including phenoxy) is 1. The normalized spacial score (nSPS) is 11.5. The van der Waals surface area contributed by atoms with E-state index < -0.39 is 5.97 Å². The van der Waals surface area contributed by atoms with Gasteiger partial charge < -0.3 is 14.4 Å². The maximum absolute atomic E-state index is 11.2. The number of hydrogen-bond donors (Lipinski definition) is 1. The van der Waals surface area contributed by atoms with Crippen LogP contribution in [0.3, 0.4) is 0 Å². The van der Waals surface area contributed by atoms with Crippen molar-refractivity contribution in [3.8, 4) is 11.4 Å². The number of benzene rings is 2. The van der Waals surface area contributed by atoms with Crippen molar-refractivity contribution in [1.82, 2.24) is 4.57 Å². The molecule has 1 N–H and O–H groups in total. The third kappa shape index (κ3) is 3.59. The summed E-state index contributed by atoms with van der Waals surface area (Å²) >= 11 is 0. The molecule has 0 saturated carbocycles. The van der Waals surface area contributed by atoms with Gasteiger partial charge in [0.25, 0.3) is 0 Å². The number of rotatable bonds is 6. The molecule has 136 valence electrons. The first kappa shape index (κ1) is 18.1. The standard InChI is InChI=1S/C22H25NO3/c1-14(2)13-26-21-12-18(6-7-19(21)15(3)4)23-10-9-16-11-17(22(24)25)5-8-20(16)23/h5-12,14-15H,13H2,1-4H3,(H,24,25). The van der Waals surface area contributed by atoms with Gasteiger partial charge in [-0.25, -0.2) is 4.79 Å². The fourth-order valence-corrected chi connectivity index (χ4v) is 3.03. The van der Waals surface area contributed by atoms with Crippen LogP contribution < -0.4 is 4.74 Å². The number of hydrogen-bond acceptors (Lipinski definition) is 2. The van der Waals surface area contributed by atoms with Crippen LogP contribution in [0.1, 0.15) is 49.5 Å². The molecule has 0 amide bonds. The predicted molar refractivity (Wildman–Crippen MR) is 105 cm³/mol. The topological polar surface area (TPSA) is 51.5 Å². The minimum absolute atomic E-state index is 0.298. The number of aromatic nitrogens is 1. The lowest BCUT2D eigenvalue weighted by atomic mass is 10.0. The van der Waals surface area contributed by atoms with E-state index in [1.54, 1.807) is 12.1 Å². The quantitative estimate of drug-likeness (QED) is 0.639. The Hall–Kier alpha value is -2.75. The van der Waals surface area contributed by atoms with Gasteiger partial charge in [-0.3, -0.25) is 0 Å². The van der Waals surface area contributed by atoms with Crippen molar-refractivity contribution in [2.45, 2.75) is 33.6 Å². The molecule has 2 aromatic carbocycles. The molecular weight excluding hydrogens is 326 g/mol. The first-order chi connectivity index (χ1) is 12.4. The Morgan fingerprint density at radius 2 is 1.85 bits per heavy atom. The van der Waals surface area contributed by atoms with Crippen molar-refractivity contribution in [2.75, 3.05) is 6.61 Å². The van der Waals surface area contributed by atoms with E-state index in [2.05, 4.69) is 50.5 Å². The van der Waals surface area contributed by atoms with E-state index in [4.69, 9.17) is 9.84 Å². The second-order valence-corrected chi connectivity index (χ2v) is 7.35. The number of carboxylic acids is 1. The van der Waals surface area contributed by atoms with E-state index in [0.717, 1.165) is 22.3 Å². The summed E-state index contributed by atoms with van der Waals surface area (Å²) in [6, 6.07) is 13.4. The van der Waals surface area contributed by atoms with Gasteiger partial charge in [-0.15, -0.1) is 0 Å². The lowest BCUT2D eigenvalue weighted by Gasteiger charge is -2.17. The highest BCUT2D eigenvalue weighted by atomic mass is 16.5. The van der Waals surface area contributed by atoms with Crippen molar-refractivity contribution < 1.29 is 14.6 Å². The van der Waals surface area contributed by atoms with Crippen molar-refractivity contribution in [1.29, 1.82) is 0 Å². The molecule has 0 aliphatic heterocycles. The monoisotopic (exact) mass is 351 g/mol. The number of nitrogens with zero attached hydrogens (tertiary/aromatic N) is 1. The van der Waals surface area contributed by atoms with Gasteiger partial charge in [0.2, 0.25) is 0 Å². The van der Waals surface area contributed by atoms with Crippen LogP contribution in [0.4, 0.5) is 0 Å². The van der Waals surface area contributed by atoms with Crippen LogP contribution >= 0.6 is 0 Å². The van der Waals surface area contributed by atoms with Gasteiger partial charge in [-0.05, 0) is 47.7 Å². The van der Waals surface area contributed by atoms with Gasteiger partial charge in [0, 0.05) is 23.3 Å². The minimum Gasteiger partial charge on any atom is -0.493 e. The summed E-state index contributed by atoms with van der Waals surface area (Å²) < 4.78 is 8.13. The Kier molecular flexibility index (Phi) is 5.03. The molecule has 0 saturated heterocycles. The average molecular weight is 351 g/mol. The Bertz CT molecular complexity index is 938. The van der Waals surface area contributed by atoms with E-state index in [1.165, 1.54) is 5.56 Å². The van der Waals surface area contributed by atoms with Crippen LogP contribution in [-0.2, 0) is 0 Å². The molecule has 4 nitrogen and oxygen atoms in total. The van der Waals surface area contributed by atoms with E-state index >= 15 is 0 Å². The SMILES string of the molecule is CC(C)COc1cc(-n2ccc3cc(C(=O)O)ccc32)ccc1C(C)C. The number of aromatic carboxylic acids is 1. The lowest BCUT2D eigenvalue weighted by Crippen LogP contribution is -2.07. The molecule has 0 aliphatic carbocycles. The fraction of sp³-hybridized carbons (Fsp3) is 0.318.